The summed E-state index contributed by atoms with van der Waals surface area (Å²) in [5.41, 5.74) is 0.543. The Hall–Kier alpha value is -4.87. The van der Waals surface area contributed by atoms with Crippen LogP contribution < -0.4 is 24.2 Å². The minimum atomic E-state index is -4.28. The van der Waals surface area contributed by atoms with E-state index in [1.165, 1.54) is 33.5 Å². The van der Waals surface area contributed by atoms with E-state index in [1.54, 1.807) is 62.4 Å². The molecule has 2 atom stereocenters. The number of hydrogen-bond acceptors (Lipinski definition) is 7. The second-order valence-electron chi connectivity index (χ2n) is 11.3. The first kappa shape index (κ1) is 35.0. The first-order chi connectivity index (χ1) is 22.4. The molecule has 11 heteroatoms. The van der Waals surface area contributed by atoms with Gasteiger partial charge in [-0.15, -0.1) is 0 Å². The van der Waals surface area contributed by atoms with Crippen LogP contribution in [0.4, 0.5) is 0 Å². The van der Waals surface area contributed by atoms with Crippen LogP contribution >= 0.6 is 0 Å². The topological polar surface area (TPSA) is 140 Å². The van der Waals surface area contributed by atoms with Gasteiger partial charge in [0.05, 0.1) is 32.3 Å². The summed E-state index contributed by atoms with van der Waals surface area (Å²) in [7, 11) is -0.0517. The van der Waals surface area contributed by atoms with Gasteiger partial charge in [0, 0.05) is 12.0 Å². The highest BCUT2D eigenvalue weighted by molar-refractivity contribution is 7.89. The van der Waals surface area contributed by atoms with Gasteiger partial charge in [-0.1, -0.05) is 72.8 Å². The monoisotopic (exact) mass is 660 g/mol. The van der Waals surface area contributed by atoms with Crippen molar-refractivity contribution in [3.8, 4) is 17.2 Å². The van der Waals surface area contributed by atoms with E-state index in [-0.39, 0.29) is 40.5 Å². The van der Waals surface area contributed by atoms with Crippen molar-refractivity contribution in [3.05, 3.63) is 119 Å². The normalized spacial score (nSPS) is 13.2. The van der Waals surface area contributed by atoms with Crippen molar-refractivity contribution < 1.29 is 37.3 Å². The van der Waals surface area contributed by atoms with Gasteiger partial charge in [-0.05, 0) is 67.1 Å². The van der Waals surface area contributed by atoms with E-state index in [0.29, 0.717) is 17.5 Å². The van der Waals surface area contributed by atoms with Gasteiger partial charge in [-0.25, -0.2) is 17.9 Å². The molecule has 4 aromatic carbocycles. The van der Waals surface area contributed by atoms with Gasteiger partial charge in [0.2, 0.25) is 15.8 Å². The average Bonchev–Trinajstić information content (AvgIpc) is 3.07. The number of hydrogen-bond donors (Lipinski definition) is 3. The van der Waals surface area contributed by atoms with E-state index in [0.717, 1.165) is 11.1 Å². The van der Waals surface area contributed by atoms with Gasteiger partial charge in [0.15, 0.2) is 17.0 Å². The number of carboxylic acid groups (broad SMARTS) is 1. The summed E-state index contributed by atoms with van der Waals surface area (Å²) >= 11 is 0. The molecule has 4 rings (SSSR count). The molecule has 0 spiro atoms. The van der Waals surface area contributed by atoms with Crippen molar-refractivity contribution in [2.45, 2.75) is 49.6 Å². The molecule has 0 aliphatic heterocycles. The van der Waals surface area contributed by atoms with Crippen molar-refractivity contribution in [2.24, 2.45) is 0 Å². The molecule has 10 nitrogen and oxygen atoms in total. The molecule has 0 saturated carbocycles. The predicted molar refractivity (Wildman–Crippen MR) is 179 cm³/mol. The lowest BCUT2D eigenvalue weighted by molar-refractivity contribution is -0.145. The fraction of sp³-hybridized carbons (Fsp3) is 0.278. The molecule has 0 unspecified atom stereocenters. The lowest BCUT2D eigenvalue weighted by Gasteiger charge is -2.38. The number of benzene rings is 4. The Morgan fingerprint density at radius 1 is 0.809 bits per heavy atom. The minimum Gasteiger partial charge on any atom is -0.493 e. The lowest BCUT2D eigenvalue weighted by atomic mass is 9.81. The number of amides is 1. The molecule has 4 aromatic rings. The third-order valence-electron chi connectivity index (χ3n) is 8.06. The molecule has 1 amide bonds. The minimum absolute atomic E-state index is 0.0252. The van der Waals surface area contributed by atoms with Crippen molar-refractivity contribution in [1.82, 2.24) is 10.0 Å². The summed E-state index contributed by atoms with van der Waals surface area (Å²) in [6, 6.07) is 24.6. The van der Waals surface area contributed by atoms with Crippen LogP contribution in [0.5, 0.6) is 17.2 Å². The molecular formula is C36H40N2O8S. The molecule has 0 fully saturated rings. The molecular weight excluding hydrogens is 620 g/mol. The smallest absolute Gasteiger partial charge is 0.331 e. The van der Waals surface area contributed by atoms with E-state index in [2.05, 4.69) is 10.0 Å². The van der Waals surface area contributed by atoms with Crippen LogP contribution in [0.2, 0.25) is 0 Å². The molecule has 0 aliphatic carbocycles. The fourth-order valence-corrected chi connectivity index (χ4v) is 7.20. The van der Waals surface area contributed by atoms with Crippen molar-refractivity contribution in [2.75, 3.05) is 21.3 Å². The highest BCUT2D eigenvalue weighted by atomic mass is 32.2. The van der Waals surface area contributed by atoms with Crippen LogP contribution in [0.3, 0.4) is 0 Å². The van der Waals surface area contributed by atoms with Crippen molar-refractivity contribution in [1.29, 1.82) is 0 Å². The highest BCUT2D eigenvalue weighted by Crippen LogP contribution is 2.38. The second kappa shape index (κ2) is 15.1. The quantitative estimate of drug-likeness (QED) is 0.160. The largest absolute Gasteiger partial charge is 0.493 e. The number of carbonyl (C=O) groups is 2. The molecule has 0 radical (unpaired) electrons. The van der Waals surface area contributed by atoms with Crippen LogP contribution in [0.25, 0.3) is 0 Å². The Labute approximate surface area is 275 Å². The third-order valence-corrected chi connectivity index (χ3v) is 9.67. The van der Waals surface area contributed by atoms with E-state index < -0.39 is 33.5 Å². The summed E-state index contributed by atoms with van der Waals surface area (Å²) in [5, 5.41) is 13.8. The zero-order chi connectivity index (χ0) is 34.2. The maximum absolute atomic E-state index is 14.1. The van der Waals surface area contributed by atoms with Gasteiger partial charge in [-0.2, -0.15) is 0 Å². The zero-order valence-corrected chi connectivity index (χ0v) is 27.9. The SMILES string of the molecule is COc1cc(C(=O)N[C@](Cc2ccccc2)(C(=O)O)[C@@H](CCc2ccccc2)NS(=O)(=O)c2cc(C)ccc2C)cc(OC)c1OC. The van der Waals surface area contributed by atoms with Crippen molar-refractivity contribution in [3.63, 3.8) is 0 Å². The summed E-state index contributed by atoms with van der Waals surface area (Å²) in [6.07, 6.45) is 0.140. The molecule has 47 heavy (non-hydrogen) atoms. The lowest BCUT2D eigenvalue weighted by Crippen LogP contribution is -2.68. The summed E-state index contributed by atoms with van der Waals surface area (Å²) < 4.78 is 47.1. The summed E-state index contributed by atoms with van der Waals surface area (Å²) in [5.74, 6) is -1.56. The molecule has 0 heterocycles. The Balaban J connectivity index is 1.89. The number of carboxylic acids is 1. The zero-order valence-electron chi connectivity index (χ0n) is 27.1. The molecule has 0 saturated heterocycles. The maximum Gasteiger partial charge on any atom is 0.331 e. The van der Waals surface area contributed by atoms with Gasteiger partial charge >= 0.3 is 5.97 Å². The Kier molecular flexibility index (Phi) is 11.3. The van der Waals surface area contributed by atoms with E-state index in [1.807, 2.05) is 30.3 Å². The van der Waals surface area contributed by atoms with Crippen molar-refractivity contribution >= 4 is 21.9 Å². The summed E-state index contributed by atoms with van der Waals surface area (Å²) in [4.78, 5) is 27.7. The number of methoxy groups -OCH3 is 3. The number of carbonyl (C=O) groups excluding carboxylic acids is 1. The van der Waals surface area contributed by atoms with Crippen LogP contribution in [-0.2, 0) is 27.7 Å². The van der Waals surface area contributed by atoms with Gasteiger partial charge in [0.1, 0.15) is 0 Å². The standard InChI is InChI=1S/C36H40N2O8S/c1-24-16-17-25(2)31(20-24)47(42,43)38-32(19-18-26-12-8-6-9-13-26)36(35(40)41,23-27-14-10-7-11-15-27)37-34(39)28-21-29(44-3)33(46-5)30(22-28)45-4/h6-17,20-22,32,38H,18-19,23H2,1-5H3,(H,37,39)(H,40,41)/t32-,36+/m1/s1. The molecule has 3 N–H and O–H groups in total. The molecule has 248 valence electrons. The number of aliphatic carboxylic acids is 1. The fourth-order valence-electron chi connectivity index (χ4n) is 5.55. The summed E-state index contributed by atoms with van der Waals surface area (Å²) in [6.45, 7) is 3.45. The second-order valence-corrected chi connectivity index (χ2v) is 13.0. The molecule has 0 bridgehead atoms. The first-order valence-electron chi connectivity index (χ1n) is 15.0. The highest BCUT2D eigenvalue weighted by Gasteiger charge is 2.49. The number of nitrogens with one attached hydrogen (secondary N) is 2. The molecule has 0 aromatic heterocycles. The average molecular weight is 661 g/mol. The Bertz CT molecular complexity index is 1790. The van der Waals surface area contributed by atoms with E-state index >= 15 is 0 Å². The number of ether oxygens (including phenoxy) is 3. The molecule has 0 aliphatic rings. The number of aryl methyl sites for hydroxylation is 3. The Morgan fingerprint density at radius 3 is 1.91 bits per heavy atom. The van der Waals surface area contributed by atoms with E-state index in [9.17, 15) is 23.1 Å². The third kappa shape index (κ3) is 8.11. The Morgan fingerprint density at radius 2 is 1.38 bits per heavy atom. The number of sulfonamides is 1. The van der Waals surface area contributed by atoms with Gasteiger partial charge < -0.3 is 24.6 Å². The van der Waals surface area contributed by atoms with Crippen LogP contribution in [0.15, 0.2) is 95.9 Å². The predicted octanol–water partition coefficient (Wildman–Crippen LogP) is 5.11. The number of rotatable bonds is 15. The van der Waals surface area contributed by atoms with Crippen LogP contribution in [-0.4, -0.2) is 58.3 Å². The maximum atomic E-state index is 14.1. The van der Waals surface area contributed by atoms with Crippen LogP contribution in [0.1, 0.15) is 39.0 Å². The van der Waals surface area contributed by atoms with Gasteiger partial charge in [-0.3, -0.25) is 4.79 Å². The van der Waals surface area contributed by atoms with Gasteiger partial charge in [0.25, 0.3) is 5.91 Å². The first-order valence-corrected chi connectivity index (χ1v) is 16.5. The van der Waals surface area contributed by atoms with E-state index in [4.69, 9.17) is 14.2 Å². The van der Waals surface area contributed by atoms with Crippen LogP contribution in [0, 0.1) is 13.8 Å².